The summed E-state index contributed by atoms with van der Waals surface area (Å²) in [6.45, 7) is 4.39. The van der Waals surface area contributed by atoms with Crippen molar-refractivity contribution in [2.45, 2.75) is 25.8 Å². The van der Waals surface area contributed by atoms with Crippen molar-refractivity contribution in [3.8, 4) is 0 Å². The highest BCUT2D eigenvalue weighted by Gasteiger charge is 2.16. The third kappa shape index (κ3) is 3.47. The fourth-order valence-corrected chi connectivity index (χ4v) is 4.10. The molecule has 1 atom stereocenters. The van der Waals surface area contributed by atoms with Crippen LogP contribution in [0.3, 0.4) is 0 Å². The number of nitrogens with two attached hydrogens (primary N) is 1. The molecular weight excluding hydrogens is 388 g/mol. The number of hydrogen-bond donors (Lipinski definition) is 2. The van der Waals surface area contributed by atoms with Crippen LogP contribution < -0.4 is 11.3 Å². The molecule has 0 bridgehead atoms. The van der Waals surface area contributed by atoms with Crippen molar-refractivity contribution in [3.05, 3.63) is 54.6 Å². The van der Waals surface area contributed by atoms with E-state index < -0.39 is 0 Å². The third-order valence-corrected chi connectivity index (χ3v) is 6.37. The normalized spacial score (nSPS) is 12.9. The summed E-state index contributed by atoms with van der Waals surface area (Å²) in [5.41, 5.74) is 5.41. The van der Waals surface area contributed by atoms with E-state index in [0.717, 1.165) is 8.26 Å². The molecular formula is C14H16Br2N2S. The summed E-state index contributed by atoms with van der Waals surface area (Å²) in [4.78, 5) is 1.18. The number of benzene rings is 1. The summed E-state index contributed by atoms with van der Waals surface area (Å²) >= 11 is 8.71. The van der Waals surface area contributed by atoms with Crippen LogP contribution in [-0.4, -0.2) is 0 Å². The lowest BCUT2D eigenvalue weighted by Gasteiger charge is -2.15. The van der Waals surface area contributed by atoms with Gasteiger partial charge in [-0.3, -0.25) is 5.84 Å². The van der Waals surface area contributed by atoms with E-state index >= 15 is 0 Å². The summed E-state index contributed by atoms with van der Waals surface area (Å²) in [6.07, 6.45) is 0. The number of hydrazine groups is 1. The molecule has 0 fully saturated rings. The summed E-state index contributed by atoms with van der Waals surface area (Å²) in [7, 11) is 0. The second kappa shape index (κ2) is 6.50. The summed E-state index contributed by atoms with van der Waals surface area (Å²) in [5.74, 6) is 6.26. The van der Waals surface area contributed by atoms with Gasteiger partial charge in [-0.1, -0.05) is 38.1 Å². The molecule has 2 nitrogen and oxygen atoms in total. The molecule has 1 aromatic heterocycles. The van der Waals surface area contributed by atoms with Gasteiger partial charge in [0.2, 0.25) is 0 Å². The summed E-state index contributed by atoms with van der Waals surface area (Å²) < 4.78 is 2.15. The molecule has 0 amide bonds. The molecule has 2 rings (SSSR count). The molecule has 0 spiro atoms. The molecule has 0 aliphatic rings. The van der Waals surface area contributed by atoms with Crippen molar-refractivity contribution >= 4 is 43.2 Å². The van der Waals surface area contributed by atoms with E-state index in [0.29, 0.717) is 5.92 Å². The average molecular weight is 404 g/mol. The largest absolute Gasteiger partial charge is 0.271 e. The van der Waals surface area contributed by atoms with Crippen molar-refractivity contribution in [2.75, 3.05) is 0 Å². The van der Waals surface area contributed by atoms with Gasteiger partial charge in [0.05, 0.1) is 9.83 Å². The molecule has 0 aliphatic carbocycles. The Bertz CT molecular complexity index is 530. The van der Waals surface area contributed by atoms with Crippen LogP contribution >= 0.6 is 43.2 Å². The van der Waals surface area contributed by atoms with Gasteiger partial charge in [0, 0.05) is 9.35 Å². The molecule has 19 heavy (non-hydrogen) atoms. The van der Waals surface area contributed by atoms with Gasteiger partial charge >= 0.3 is 0 Å². The molecule has 102 valence electrons. The van der Waals surface area contributed by atoms with E-state index in [1.54, 1.807) is 11.3 Å². The Kier molecular flexibility index (Phi) is 5.20. The Morgan fingerprint density at radius 3 is 2.11 bits per heavy atom. The summed E-state index contributed by atoms with van der Waals surface area (Å²) in [5, 5.41) is 0. The predicted octanol–water partition coefficient (Wildman–Crippen LogP) is 4.95. The van der Waals surface area contributed by atoms with Crippen LogP contribution in [0.15, 0.2) is 38.6 Å². The Balaban J connectivity index is 2.31. The predicted molar refractivity (Wildman–Crippen MR) is 89.4 cm³/mol. The molecule has 3 N–H and O–H groups in total. The van der Waals surface area contributed by atoms with Gasteiger partial charge in [0.1, 0.15) is 0 Å². The number of thiophene rings is 1. The fraction of sp³-hybridized carbons (Fsp3) is 0.286. The van der Waals surface area contributed by atoms with Gasteiger partial charge in [-0.15, -0.1) is 11.3 Å². The Hall–Kier alpha value is -0.200. The van der Waals surface area contributed by atoms with Crippen molar-refractivity contribution in [1.82, 2.24) is 5.43 Å². The minimum absolute atomic E-state index is 0.0220. The zero-order valence-corrected chi connectivity index (χ0v) is 14.8. The monoisotopic (exact) mass is 402 g/mol. The molecule has 5 heteroatoms. The van der Waals surface area contributed by atoms with Crippen LogP contribution in [0.4, 0.5) is 0 Å². The van der Waals surface area contributed by atoms with Crippen LogP contribution in [-0.2, 0) is 0 Å². The smallest absolute Gasteiger partial charge is 0.0843 e. The number of halogens is 2. The second-order valence-electron chi connectivity index (χ2n) is 4.69. The van der Waals surface area contributed by atoms with Gasteiger partial charge < -0.3 is 0 Å². The van der Waals surface area contributed by atoms with E-state index in [-0.39, 0.29) is 6.04 Å². The molecule has 0 radical (unpaired) electrons. The van der Waals surface area contributed by atoms with Crippen molar-refractivity contribution in [3.63, 3.8) is 0 Å². The minimum atomic E-state index is 0.0220. The van der Waals surface area contributed by atoms with E-state index in [1.807, 2.05) is 0 Å². The lowest BCUT2D eigenvalue weighted by Crippen LogP contribution is -2.28. The molecule has 1 heterocycles. The minimum Gasteiger partial charge on any atom is -0.271 e. The van der Waals surface area contributed by atoms with Crippen molar-refractivity contribution < 1.29 is 0 Å². The maximum absolute atomic E-state index is 5.72. The highest BCUT2D eigenvalue weighted by atomic mass is 79.9. The number of nitrogens with one attached hydrogen (secondary N) is 1. The van der Waals surface area contributed by atoms with Crippen molar-refractivity contribution in [1.29, 1.82) is 0 Å². The lowest BCUT2D eigenvalue weighted by molar-refractivity contribution is 0.646. The van der Waals surface area contributed by atoms with Crippen LogP contribution in [0.2, 0.25) is 0 Å². The third-order valence-electron chi connectivity index (χ3n) is 3.05. The standard InChI is InChI=1S/C14H16Br2N2S/c1-8(2)9-3-5-10(6-4-9)13(18-17)12-7-11(15)14(16)19-12/h3-8,13,18H,17H2,1-2H3. The number of hydrogen-bond acceptors (Lipinski definition) is 3. The first-order valence-corrected chi connectivity index (χ1v) is 8.44. The maximum atomic E-state index is 5.72. The maximum Gasteiger partial charge on any atom is 0.0843 e. The molecule has 0 aliphatic heterocycles. The molecule has 1 unspecified atom stereocenters. The van der Waals surface area contributed by atoms with Crippen LogP contribution in [0.5, 0.6) is 0 Å². The molecule has 0 saturated carbocycles. The van der Waals surface area contributed by atoms with Crippen molar-refractivity contribution in [2.24, 2.45) is 5.84 Å². The Morgan fingerprint density at radius 1 is 1.11 bits per heavy atom. The Morgan fingerprint density at radius 2 is 1.68 bits per heavy atom. The van der Waals surface area contributed by atoms with Crippen LogP contribution in [0.25, 0.3) is 0 Å². The Labute approximate surface area is 134 Å². The van der Waals surface area contributed by atoms with Gasteiger partial charge in [-0.05, 0) is 55.0 Å². The van der Waals surface area contributed by atoms with Gasteiger partial charge in [0.15, 0.2) is 0 Å². The van der Waals surface area contributed by atoms with E-state index in [1.165, 1.54) is 16.0 Å². The highest BCUT2D eigenvalue weighted by molar-refractivity contribution is 9.13. The van der Waals surface area contributed by atoms with Gasteiger partial charge in [-0.2, -0.15) is 0 Å². The zero-order chi connectivity index (χ0) is 14.0. The quantitative estimate of drug-likeness (QED) is 0.559. The first kappa shape index (κ1) is 15.2. The van der Waals surface area contributed by atoms with Crippen LogP contribution in [0.1, 0.15) is 41.8 Å². The fourth-order valence-electron chi connectivity index (χ4n) is 1.92. The average Bonchev–Trinajstić information content (AvgIpc) is 2.71. The van der Waals surface area contributed by atoms with E-state index in [2.05, 4.69) is 81.5 Å². The first-order valence-electron chi connectivity index (χ1n) is 6.03. The van der Waals surface area contributed by atoms with E-state index in [4.69, 9.17) is 5.84 Å². The lowest BCUT2D eigenvalue weighted by atomic mass is 9.99. The molecule has 1 aromatic carbocycles. The molecule has 2 aromatic rings. The van der Waals surface area contributed by atoms with Gasteiger partial charge in [-0.25, -0.2) is 5.43 Å². The van der Waals surface area contributed by atoms with E-state index in [9.17, 15) is 0 Å². The summed E-state index contributed by atoms with van der Waals surface area (Å²) in [6, 6.07) is 10.7. The highest BCUT2D eigenvalue weighted by Crippen LogP contribution is 2.37. The van der Waals surface area contributed by atoms with Gasteiger partial charge in [0.25, 0.3) is 0 Å². The first-order chi connectivity index (χ1) is 9.02. The SMILES string of the molecule is CC(C)c1ccc(C(NN)c2cc(Br)c(Br)s2)cc1. The second-order valence-corrected chi connectivity index (χ2v) is 7.95. The topological polar surface area (TPSA) is 38.0 Å². The zero-order valence-electron chi connectivity index (χ0n) is 10.8. The molecule has 0 saturated heterocycles. The number of rotatable bonds is 4. The van der Waals surface area contributed by atoms with Crippen LogP contribution in [0, 0.1) is 0 Å².